The number of hydrogen-bond donors (Lipinski definition) is 1. The summed E-state index contributed by atoms with van der Waals surface area (Å²) in [6.07, 6.45) is 5.34. The Labute approximate surface area is 115 Å². The number of nitrogens with one attached hydrogen (secondary N) is 1. The second-order valence-corrected chi connectivity index (χ2v) is 5.80. The minimum atomic E-state index is 0.365. The molecule has 2 nitrogen and oxygen atoms in total. The molecule has 1 saturated carbocycles. The molecule has 1 N–H and O–H groups in total. The first kappa shape index (κ1) is 12.7. The zero-order valence-corrected chi connectivity index (χ0v) is 11.9. The Morgan fingerprint density at radius 3 is 2.84 bits per heavy atom. The summed E-state index contributed by atoms with van der Waals surface area (Å²) in [5.74, 6) is 2.73. The summed E-state index contributed by atoms with van der Waals surface area (Å²) in [5.41, 5.74) is 1.00. The maximum Gasteiger partial charge on any atom is 0.134 e. The van der Waals surface area contributed by atoms with Crippen LogP contribution >= 0.6 is 0 Å². The summed E-state index contributed by atoms with van der Waals surface area (Å²) in [6.45, 7) is 2.31. The van der Waals surface area contributed by atoms with E-state index in [1.807, 2.05) is 6.07 Å². The van der Waals surface area contributed by atoms with Crippen LogP contribution in [0.4, 0.5) is 0 Å². The summed E-state index contributed by atoms with van der Waals surface area (Å²) >= 11 is 0. The molecule has 0 saturated heterocycles. The van der Waals surface area contributed by atoms with Gasteiger partial charge >= 0.3 is 0 Å². The number of fused-ring (bicyclic) bond motifs is 1. The number of rotatable bonds is 4. The molecule has 1 fully saturated rings. The minimum Gasteiger partial charge on any atom is -0.459 e. The van der Waals surface area contributed by atoms with Gasteiger partial charge in [0.1, 0.15) is 11.3 Å². The van der Waals surface area contributed by atoms with E-state index in [4.69, 9.17) is 4.42 Å². The molecule has 3 rings (SSSR count). The van der Waals surface area contributed by atoms with Crippen molar-refractivity contribution in [2.24, 2.45) is 11.8 Å². The van der Waals surface area contributed by atoms with Crippen LogP contribution in [0.5, 0.6) is 0 Å². The molecule has 0 amide bonds. The maximum absolute atomic E-state index is 6.04. The molecule has 1 aromatic heterocycles. The van der Waals surface area contributed by atoms with Crippen molar-refractivity contribution in [3.05, 3.63) is 36.1 Å². The zero-order valence-electron chi connectivity index (χ0n) is 11.9. The summed E-state index contributed by atoms with van der Waals surface area (Å²) in [6, 6.07) is 10.8. The summed E-state index contributed by atoms with van der Waals surface area (Å²) in [4.78, 5) is 0. The van der Waals surface area contributed by atoms with Gasteiger partial charge in [-0.2, -0.15) is 0 Å². The third kappa shape index (κ3) is 2.42. The molecule has 1 heterocycles. The highest BCUT2D eigenvalue weighted by Gasteiger charge is 2.31. The van der Waals surface area contributed by atoms with Crippen molar-refractivity contribution in [2.75, 3.05) is 7.05 Å². The second kappa shape index (κ2) is 5.38. The summed E-state index contributed by atoms with van der Waals surface area (Å²) in [7, 11) is 2.05. The molecular formula is C17H23NO. The van der Waals surface area contributed by atoms with E-state index in [-0.39, 0.29) is 0 Å². The van der Waals surface area contributed by atoms with E-state index >= 15 is 0 Å². The van der Waals surface area contributed by atoms with Crippen LogP contribution in [-0.4, -0.2) is 7.05 Å². The molecule has 0 bridgehead atoms. The number of hydrogen-bond acceptors (Lipinski definition) is 2. The zero-order chi connectivity index (χ0) is 13.2. The van der Waals surface area contributed by atoms with Crippen molar-refractivity contribution in [3.8, 4) is 0 Å². The van der Waals surface area contributed by atoms with E-state index in [2.05, 4.69) is 43.6 Å². The number of para-hydroxylation sites is 1. The predicted octanol–water partition coefficient (Wildman–Crippen LogP) is 4.52. The van der Waals surface area contributed by atoms with Gasteiger partial charge in [-0.1, -0.05) is 38.0 Å². The first-order valence-electron chi connectivity index (χ1n) is 7.47. The monoisotopic (exact) mass is 257 g/mol. The first-order valence-corrected chi connectivity index (χ1v) is 7.47. The van der Waals surface area contributed by atoms with Crippen molar-refractivity contribution in [1.82, 2.24) is 5.32 Å². The van der Waals surface area contributed by atoms with Crippen LogP contribution in [0.15, 0.2) is 34.7 Å². The number of furan rings is 1. The van der Waals surface area contributed by atoms with Crippen LogP contribution in [0.1, 0.15) is 44.4 Å². The van der Waals surface area contributed by atoms with Crippen LogP contribution in [0.25, 0.3) is 11.0 Å². The molecule has 0 spiro atoms. The van der Waals surface area contributed by atoms with Crippen molar-refractivity contribution in [3.63, 3.8) is 0 Å². The first-order chi connectivity index (χ1) is 9.31. The van der Waals surface area contributed by atoms with E-state index in [1.54, 1.807) is 0 Å². The fourth-order valence-electron chi connectivity index (χ4n) is 3.55. The predicted molar refractivity (Wildman–Crippen MR) is 79.1 cm³/mol. The van der Waals surface area contributed by atoms with Crippen LogP contribution in [0.2, 0.25) is 0 Å². The van der Waals surface area contributed by atoms with Crippen LogP contribution in [-0.2, 0) is 0 Å². The van der Waals surface area contributed by atoms with Crippen molar-refractivity contribution in [1.29, 1.82) is 0 Å². The second-order valence-electron chi connectivity index (χ2n) is 5.80. The average molecular weight is 257 g/mol. The maximum atomic E-state index is 6.04. The molecule has 3 atom stereocenters. The van der Waals surface area contributed by atoms with E-state index in [9.17, 15) is 0 Å². The topological polar surface area (TPSA) is 25.2 Å². The van der Waals surface area contributed by atoms with Crippen LogP contribution in [0.3, 0.4) is 0 Å². The SMILES string of the molecule is CCC1CCC(C(NC)c2cc3ccccc3o2)C1. The molecule has 1 aliphatic carbocycles. The van der Waals surface area contributed by atoms with Crippen LogP contribution < -0.4 is 5.32 Å². The van der Waals surface area contributed by atoms with Gasteiger partial charge in [-0.25, -0.2) is 0 Å². The van der Waals surface area contributed by atoms with Gasteiger partial charge in [0.25, 0.3) is 0 Å². The lowest BCUT2D eigenvalue weighted by Crippen LogP contribution is -2.23. The summed E-state index contributed by atoms with van der Waals surface area (Å²) in [5, 5.41) is 4.68. The molecule has 2 aromatic rings. The molecular weight excluding hydrogens is 234 g/mol. The van der Waals surface area contributed by atoms with E-state index in [1.165, 1.54) is 31.1 Å². The molecule has 1 aliphatic rings. The van der Waals surface area contributed by atoms with Gasteiger partial charge in [0, 0.05) is 5.39 Å². The normalized spacial score (nSPS) is 24.9. The average Bonchev–Trinajstić information content (AvgIpc) is 3.05. The van der Waals surface area contributed by atoms with Gasteiger partial charge in [0.15, 0.2) is 0 Å². The molecule has 102 valence electrons. The van der Waals surface area contributed by atoms with Crippen molar-refractivity contribution >= 4 is 11.0 Å². The Morgan fingerprint density at radius 2 is 2.16 bits per heavy atom. The lowest BCUT2D eigenvalue weighted by atomic mass is 9.94. The third-order valence-electron chi connectivity index (χ3n) is 4.69. The standard InChI is InChI=1S/C17H23NO/c1-3-12-8-9-14(10-12)17(18-2)16-11-13-6-4-5-7-15(13)19-16/h4-7,11-12,14,17-18H,3,8-10H2,1-2H3. The molecule has 3 unspecified atom stereocenters. The molecule has 0 radical (unpaired) electrons. The van der Waals surface area contributed by atoms with E-state index in [0.29, 0.717) is 6.04 Å². The van der Waals surface area contributed by atoms with E-state index in [0.717, 1.165) is 23.2 Å². The van der Waals surface area contributed by atoms with Gasteiger partial charge in [-0.15, -0.1) is 0 Å². The Kier molecular flexibility index (Phi) is 3.61. The van der Waals surface area contributed by atoms with Crippen molar-refractivity contribution in [2.45, 2.75) is 38.6 Å². The highest BCUT2D eigenvalue weighted by atomic mass is 16.3. The Balaban J connectivity index is 1.85. The Morgan fingerprint density at radius 1 is 1.32 bits per heavy atom. The van der Waals surface area contributed by atoms with Gasteiger partial charge in [-0.05, 0) is 43.9 Å². The molecule has 1 aromatic carbocycles. The quantitative estimate of drug-likeness (QED) is 0.871. The Bertz CT molecular complexity index is 512. The Hall–Kier alpha value is -1.28. The highest BCUT2D eigenvalue weighted by molar-refractivity contribution is 5.77. The lowest BCUT2D eigenvalue weighted by Gasteiger charge is -2.21. The fraction of sp³-hybridized carbons (Fsp3) is 0.529. The lowest BCUT2D eigenvalue weighted by molar-refractivity contribution is 0.326. The van der Waals surface area contributed by atoms with Gasteiger partial charge in [0.05, 0.1) is 6.04 Å². The number of benzene rings is 1. The minimum absolute atomic E-state index is 0.365. The van der Waals surface area contributed by atoms with Gasteiger partial charge in [-0.3, -0.25) is 0 Å². The summed E-state index contributed by atoms with van der Waals surface area (Å²) < 4.78 is 6.04. The van der Waals surface area contributed by atoms with Crippen LogP contribution in [0, 0.1) is 11.8 Å². The highest BCUT2D eigenvalue weighted by Crippen LogP contribution is 2.41. The van der Waals surface area contributed by atoms with Gasteiger partial charge < -0.3 is 9.73 Å². The van der Waals surface area contributed by atoms with Crippen molar-refractivity contribution < 1.29 is 4.42 Å². The third-order valence-corrected chi connectivity index (χ3v) is 4.69. The smallest absolute Gasteiger partial charge is 0.134 e. The molecule has 19 heavy (non-hydrogen) atoms. The molecule has 0 aliphatic heterocycles. The van der Waals surface area contributed by atoms with E-state index < -0.39 is 0 Å². The fourth-order valence-corrected chi connectivity index (χ4v) is 3.55. The largest absolute Gasteiger partial charge is 0.459 e. The van der Waals surface area contributed by atoms with Gasteiger partial charge in [0.2, 0.25) is 0 Å². The molecule has 2 heteroatoms.